The van der Waals surface area contributed by atoms with Gasteiger partial charge in [0.1, 0.15) is 5.56 Å². The molecule has 1 aromatic carbocycles. The Kier molecular flexibility index (Phi) is 8.12. The fourth-order valence-electron chi connectivity index (χ4n) is 1.98. The highest BCUT2D eigenvalue weighted by Crippen LogP contribution is 2.27. The van der Waals surface area contributed by atoms with Crippen LogP contribution in [0.25, 0.3) is 0 Å². The van der Waals surface area contributed by atoms with Crippen molar-refractivity contribution >= 4 is 23.3 Å². The number of carbonyl (C=O) groups is 1. The van der Waals surface area contributed by atoms with Crippen LogP contribution in [0.5, 0.6) is 0 Å². The Bertz CT molecular complexity index is 443. The molecule has 5 nitrogen and oxygen atoms in total. The number of hydrogen-bond acceptors (Lipinski definition) is 4. The minimum atomic E-state index is -1.03. The monoisotopic (exact) mass is 315 g/mol. The van der Waals surface area contributed by atoms with Crippen molar-refractivity contribution in [3.05, 3.63) is 28.8 Å². The summed E-state index contributed by atoms with van der Waals surface area (Å²) in [5.41, 5.74) is 0.710. The molecule has 0 aromatic heterocycles. The molecule has 0 unspecified atom stereocenters. The normalized spacial score (nSPS) is 10.6. The molecule has 0 atom stereocenters. The van der Waals surface area contributed by atoms with Gasteiger partial charge in [0.25, 0.3) is 0 Å². The first-order valence-corrected chi connectivity index (χ1v) is 7.41. The maximum atomic E-state index is 11.4. The molecular weight excluding hydrogens is 294 g/mol. The van der Waals surface area contributed by atoms with Crippen LogP contribution < -0.4 is 4.90 Å². The Hall–Kier alpha value is -1.30. The Morgan fingerprint density at radius 1 is 1.19 bits per heavy atom. The van der Waals surface area contributed by atoms with Crippen molar-refractivity contribution in [2.24, 2.45) is 0 Å². The number of anilines is 1. The van der Waals surface area contributed by atoms with E-state index in [0.717, 1.165) is 0 Å². The number of halogens is 1. The highest BCUT2D eigenvalue weighted by Gasteiger charge is 2.19. The largest absolute Gasteiger partial charge is 0.478 e. The van der Waals surface area contributed by atoms with E-state index in [-0.39, 0.29) is 10.6 Å². The Labute approximate surface area is 130 Å². The van der Waals surface area contributed by atoms with E-state index in [1.165, 1.54) is 0 Å². The third-order valence-electron chi connectivity index (χ3n) is 2.97. The number of ether oxygens (including phenoxy) is 2. The van der Waals surface area contributed by atoms with Crippen LogP contribution in [0.3, 0.4) is 0 Å². The smallest absolute Gasteiger partial charge is 0.339 e. The average molecular weight is 316 g/mol. The van der Waals surface area contributed by atoms with Gasteiger partial charge in [0.2, 0.25) is 0 Å². The van der Waals surface area contributed by atoms with Crippen molar-refractivity contribution in [2.45, 2.75) is 13.8 Å². The van der Waals surface area contributed by atoms with Crippen molar-refractivity contribution in [3.8, 4) is 0 Å². The van der Waals surface area contributed by atoms with Crippen LogP contribution in [0.4, 0.5) is 5.69 Å². The van der Waals surface area contributed by atoms with Gasteiger partial charge in [-0.2, -0.15) is 0 Å². The van der Waals surface area contributed by atoms with E-state index in [4.69, 9.17) is 21.1 Å². The lowest BCUT2D eigenvalue weighted by molar-refractivity contribution is 0.0697. The summed E-state index contributed by atoms with van der Waals surface area (Å²) in [7, 11) is 0. The second-order valence-corrected chi connectivity index (χ2v) is 4.73. The zero-order valence-corrected chi connectivity index (χ0v) is 13.2. The zero-order chi connectivity index (χ0) is 15.7. The predicted molar refractivity (Wildman–Crippen MR) is 83.6 cm³/mol. The van der Waals surface area contributed by atoms with E-state index < -0.39 is 5.97 Å². The molecule has 0 saturated heterocycles. The molecule has 21 heavy (non-hydrogen) atoms. The van der Waals surface area contributed by atoms with E-state index >= 15 is 0 Å². The second-order valence-electron chi connectivity index (χ2n) is 4.32. The molecule has 0 spiro atoms. The summed E-state index contributed by atoms with van der Waals surface area (Å²) in [5.74, 6) is -1.03. The Morgan fingerprint density at radius 2 is 1.76 bits per heavy atom. The van der Waals surface area contributed by atoms with E-state index in [1.54, 1.807) is 18.2 Å². The third kappa shape index (κ3) is 5.53. The van der Waals surface area contributed by atoms with E-state index in [2.05, 4.69) is 0 Å². The number of carboxylic acids is 1. The van der Waals surface area contributed by atoms with Crippen LogP contribution in [-0.4, -0.2) is 50.6 Å². The molecule has 0 aliphatic carbocycles. The van der Waals surface area contributed by atoms with Crippen LogP contribution in [0.1, 0.15) is 24.2 Å². The van der Waals surface area contributed by atoms with Gasteiger partial charge in [-0.1, -0.05) is 17.7 Å². The zero-order valence-electron chi connectivity index (χ0n) is 12.5. The van der Waals surface area contributed by atoms with Gasteiger partial charge in [0, 0.05) is 26.3 Å². The molecule has 0 aliphatic heterocycles. The lowest BCUT2D eigenvalue weighted by Gasteiger charge is -2.26. The van der Waals surface area contributed by atoms with E-state index in [1.807, 2.05) is 18.7 Å². The summed E-state index contributed by atoms with van der Waals surface area (Å²) >= 11 is 6.02. The molecular formula is C15H22ClNO4. The van der Waals surface area contributed by atoms with Gasteiger partial charge >= 0.3 is 5.97 Å². The molecule has 118 valence electrons. The molecule has 0 fully saturated rings. The third-order valence-corrected chi connectivity index (χ3v) is 3.28. The Balaban J connectivity index is 2.95. The minimum Gasteiger partial charge on any atom is -0.478 e. The fourth-order valence-corrected chi connectivity index (χ4v) is 2.23. The summed E-state index contributed by atoms with van der Waals surface area (Å²) < 4.78 is 10.7. The summed E-state index contributed by atoms with van der Waals surface area (Å²) in [5, 5.41) is 9.60. The molecule has 0 saturated carbocycles. The van der Waals surface area contributed by atoms with Gasteiger partial charge in [-0.25, -0.2) is 4.79 Å². The summed E-state index contributed by atoms with van der Waals surface area (Å²) in [6.07, 6.45) is 0. The van der Waals surface area contributed by atoms with Crippen molar-refractivity contribution in [3.63, 3.8) is 0 Å². The van der Waals surface area contributed by atoms with Gasteiger partial charge in [0.05, 0.1) is 23.9 Å². The molecule has 0 aliphatic rings. The number of carboxylic acid groups (broad SMARTS) is 1. The molecule has 0 radical (unpaired) electrons. The van der Waals surface area contributed by atoms with Crippen LogP contribution in [0.15, 0.2) is 18.2 Å². The highest BCUT2D eigenvalue weighted by atomic mass is 35.5. The summed E-state index contributed by atoms with van der Waals surface area (Å²) in [6, 6.07) is 5.09. The molecule has 0 amide bonds. The number of aromatic carboxylic acids is 1. The maximum absolute atomic E-state index is 11.4. The predicted octanol–water partition coefficient (Wildman–Crippen LogP) is 2.92. The second kappa shape index (κ2) is 9.60. The van der Waals surface area contributed by atoms with Gasteiger partial charge in [0.15, 0.2) is 0 Å². The number of nitrogens with zero attached hydrogens (tertiary/aromatic N) is 1. The number of benzene rings is 1. The molecule has 1 N–H and O–H groups in total. The Morgan fingerprint density at radius 3 is 2.24 bits per heavy atom. The van der Waals surface area contributed by atoms with Crippen molar-refractivity contribution in [2.75, 3.05) is 44.4 Å². The average Bonchev–Trinajstić information content (AvgIpc) is 2.45. The quantitative estimate of drug-likeness (QED) is 0.673. The van der Waals surface area contributed by atoms with Crippen molar-refractivity contribution in [1.82, 2.24) is 0 Å². The topological polar surface area (TPSA) is 59.0 Å². The van der Waals surface area contributed by atoms with Crippen LogP contribution >= 0.6 is 11.6 Å². The van der Waals surface area contributed by atoms with Gasteiger partial charge in [-0.15, -0.1) is 0 Å². The highest BCUT2D eigenvalue weighted by molar-refractivity contribution is 6.34. The first kappa shape index (κ1) is 17.8. The van der Waals surface area contributed by atoms with E-state index in [9.17, 15) is 9.90 Å². The fraction of sp³-hybridized carbons (Fsp3) is 0.533. The molecule has 0 bridgehead atoms. The van der Waals surface area contributed by atoms with Gasteiger partial charge < -0.3 is 19.5 Å². The van der Waals surface area contributed by atoms with Crippen LogP contribution in [-0.2, 0) is 9.47 Å². The SMILES string of the molecule is CCOCCN(CCOCC)c1cccc(Cl)c1C(=O)O. The lowest BCUT2D eigenvalue weighted by Crippen LogP contribution is -2.32. The summed E-state index contributed by atoms with van der Waals surface area (Å²) in [4.78, 5) is 13.4. The molecule has 1 aromatic rings. The molecule has 0 heterocycles. The van der Waals surface area contributed by atoms with Crippen molar-refractivity contribution in [1.29, 1.82) is 0 Å². The van der Waals surface area contributed by atoms with Gasteiger partial charge in [-0.05, 0) is 26.0 Å². The van der Waals surface area contributed by atoms with Crippen LogP contribution in [0.2, 0.25) is 5.02 Å². The maximum Gasteiger partial charge on any atom is 0.339 e. The lowest BCUT2D eigenvalue weighted by atomic mass is 10.1. The first-order chi connectivity index (χ1) is 10.1. The first-order valence-electron chi connectivity index (χ1n) is 7.04. The summed E-state index contributed by atoms with van der Waals surface area (Å²) in [6.45, 7) is 7.31. The van der Waals surface area contributed by atoms with Gasteiger partial charge in [-0.3, -0.25) is 0 Å². The number of rotatable bonds is 10. The van der Waals surface area contributed by atoms with E-state index in [0.29, 0.717) is 45.2 Å². The molecule has 6 heteroatoms. The standard InChI is InChI=1S/C15H22ClNO4/c1-3-20-10-8-17(9-11-21-4-2)13-7-5-6-12(16)14(13)15(18)19/h5-7H,3-4,8-11H2,1-2H3,(H,18,19). The molecule has 1 rings (SSSR count). The van der Waals surface area contributed by atoms with Crippen LogP contribution in [0, 0.1) is 0 Å². The van der Waals surface area contributed by atoms with Crippen molar-refractivity contribution < 1.29 is 19.4 Å². The number of hydrogen-bond donors (Lipinski definition) is 1. The minimum absolute atomic E-state index is 0.118.